The molecule has 0 aromatic heterocycles. The Bertz CT molecular complexity index is 1030. The Morgan fingerprint density at radius 1 is 1.25 bits per heavy atom. The Morgan fingerprint density at radius 2 is 1.89 bits per heavy atom. The van der Waals surface area contributed by atoms with E-state index >= 15 is 0 Å². The van der Waals surface area contributed by atoms with Crippen molar-refractivity contribution in [3.05, 3.63) is 52.0 Å². The van der Waals surface area contributed by atoms with Crippen molar-refractivity contribution in [1.82, 2.24) is 0 Å². The monoisotopic (exact) mass is 420 g/mol. The summed E-state index contributed by atoms with van der Waals surface area (Å²) in [6.45, 7) is 9.80. The third-order valence-electron chi connectivity index (χ3n) is 4.72. The van der Waals surface area contributed by atoms with Crippen molar-refractivity contribution in [2.24, 2.45) is 0 Å². The fourth-order valence-electron chi connectivity index (χ4n) is 2.79. The number of benzene rings is 2. The molecule has 2 aromatic rings. The van der Waals surface area contributed by atoms with Gasteiger partial charge in [-0.1, -0.05) is 52.3 Å². The van der Waals surface area contributed by atoms with Crippen molar-refractivity contribution < 1.29 is 13.5 Å². The maximum atomic E-state index is 13.1. The molecule has 2 rings (SSSR count). The summed E-state index contributed by atoms with van der Waals surface area (Å²) in [6.07, 6.45) is 0.836. The lowest BCUT2D eigenvalue weighted by molar-refractivity contribution is 0.431. The second-order valence-corrected chi connectivity index (χ2v) is 9.94. The molecule has 150 valence electrons. The van der Waals surface area contributed by atoms with E-state index in [-0.39, 0.29) is 27.3 Å². The highest BCUT2D eigenvalue weighted by atomic mass is 35.5. The molecule has 2 N–H and O–H groups in total. The van der Waals surface area contributed by atoms with Crippen LogP contribution in [0.2, 0.25) is 5.02 Å². The fourth-order valence-corrected chi connectivity index (χ4v) is 4.31. The van der Waals surface area contributed by atoms with E-state index in [0.29, 0.717) is 11.1 Å². The zero-order chi connectivity index (χ0) is 21.3. The van der Waals surface area contributed by atoms with Crippen molar-refractivity contribution in [2.75, 3.05) is 4.72 Å². The lowest BCUT2D eigenvalue weighted by Gasteiger charge is -2.25. The minimum Gasteiger partial charge on any atom is -0.506 e. The molecule has 0 heterocycles. The van der Waals surface area contributed by atoms with Gasteiger partial charge in [-0.15, -0.1) is 0 Å². The number of phenols is 1. The third kappa shape index (κ3) is 4.60. The first-order valence-electron chi connectivity index (χ1n) is 9.00. The van der Waals surface area contributed by atoms with Crippen LogP contribution in [0.1, 0.15) is 63.6 Å². The summed E-state index contributed by atoms with van der Waals surface area (Å²) in [5.41, 5.74) is 1.44. The van der Waals surface area contributed by atoms with Crippen LogP contribution in [0, 0.1) is 11.3 Å². The van der Waals surface area contributed by atoms with E-state index in [1.165, 1.54) is 24.3 Å². The van der Waals surface area contributed by atoms with Crippen LogP contribution in [-0.4, -0.2) is 13.5 Å². The molecular formula is C21H25ClN2O3S. The van der Waals surface area contributed by atoms with Crippen molar-refractivity contribution >= 4 is 27.3 Å². The van der Waals surface area contributed by atoms with E-state index in [4.69, 9.17) is 16.9 Å². The number of anilines is 1. The predicted molar refractivity (Wildman–Crippen MR) is 112 cm³/mol. The van der Waals surface area contributed by atoms with Crippen LogP contribution >= 0.6 is 11.6 Å². The van der Waals surface area contributed by atoms with Crippen LogP contribution in [0.3, 0.4) is 0 Å². The molecule has 5 nitrogen and oxygen atoms in total. The molecule has 0 spiro atoms. The van der Waals surface area contributed by atoms with Gasteiger partial charge in [0.05, 0.1) is 22.3 Å². The SMILES string of the molecule is CCC(C)c1cc(C(C)(C)C)c(O)c(S(=O)(=O)Nc2ccc(C#N)cc2Cl)c1. The summed E-state index contributed by atoms with van der Waals surface area (Å²) in [6, 6.07) is 9.62. The van der Waals surface area contributed by atoms with Gasteiger partial charge in [-0.2, -0.15) is 5.26 Å². The molecule has 0 radical (unpaired) electrons. The average Bonchev–Trinajstić information content (AvgIpc) is 2.61. The van der Waals surface area contributed by atoms with Gasteiger partial charge in [0, 0.05) is 5.56 Å². The molecule has 0 saturated carbocycles. The molecule has 7 heteroatoms. The number of nitrogens with zero attached hydrogens (tertiary/aromatic N) is 1. The van der Waals surface area contributed by atoms with Gasteiger partial charge < -0.3 is 5.11 Å². The number of nitriles is 1. The second-order valence-electron chi connectivity index (χ2n) is 7.89. The molecular weight excluding hydrogens is 396 g/mol. The van der Waals surface area contributed by atoms with Gasteiger partial charge in [0.2, 0.25) is 0 Å². The van der Waals surface area contributed by atoms with Crippen LogP contribution < -0.4 is 4.72 Å². The minimum absolute atomic E-state index is 0.108. The molecule has 0 aliphatic carbocycles. The van der Waals surface area contributed by atoms with Crippen molar-refractivity contribution in [1.29, 1.82) is 5.26 Å². The average molecular weight is 421 g/mol. The van der Waals surface area contributed by atoms with Crippen LogP contribution in [0.5, 0.6) is 5.75 Å². The van der Waals surface area contributed by atoms with E-state index in [1.54, 1.807) is 0 Å². The van der Waals surface area contributed by atoms with E-state index in [2.05, 4.69) is 4.72 Å². The lowest BCUT2D eigenvalue weighted by atomic mass is 9.83. The molecule has 0 fully saturated rings. The number of hydrogen-bond acceptors (Lipinski definition) is 4. The first kappa shape index (κ1) is 22.1. The molecule has 1 atom stereocenters. The fraction of sp³-hybridized carbons (Fsp3) is 0.381. The lowest BCUT2D eigenvalue weighted by Crippen LogP contribution is -2.18. The van der Waals surface area contributed by atoms with Gasteiger partial charge in [0.25, 0.3) is 10.0 Å². The highest BCUT2D eigenvalue weighted by Crippen LogP contribution is 2.39. The Labute approximate surface area is 172 Å². The molecule has 0 aliphatic heterocycles. The van der Waals surface area contributed by atoms with Crippen molar-refractivity contribution in [3.8, 4) is 11.8 Å². The molecule has 28 heavy (non-hydrogen) atoms. The Morgan fingerprint density at radius 3 is 2.39 bits per heavy atom. The topological polar surface area (TPSA) is 90.2 Å². The zero-order valence-corrected chi connectivity index (χ0v) is 18.2. The zero-order valence-electron chi connectivity index (χ0n) is 16.7. The second kappa shape index (κ2) is 8.02. The summed E-state index contributed by atoms with van der Waals surface area (Å²) < 4.78 is 28.6. The number of phenolic OH excluding ortho intramolecular Hbond substituents is 1. The highest BCUT2D eigenvalue weighted by molar-refractivity contribution is 7.92. The van der Waals surface area contributed by atoms with Crippen LogP contribution in [-0.2, 0) is 15.4 Å². The minimum atomic E-state index is -4.10. The maximum absolute atomic E-state index is 13.1. The first-order chi connectivity index (χ1) is 12.9. The quantitative estimate of drug-likeness (QED) is 0.665. The van der Waals surface area contributed by atoms with Crippen molar-refractivity contribution in [2.45, 2.75) is 57.3 Å². The highest BCUT2D eigenvalue weighted by Gasteiger charge is 2.28. The molecule has 0 amide bonds. The number of rotatable bonds is 5. The van der Waals surface area contributed by atoms with Gasteiger partial charge >= 0.3 is 0 Å². The molecule has 2 aromatic carbocycles. The summed E-state index contributed by atoms with van der Waals surface area (Å²) in [5, 5.41) is 19.8. The summed E-state index contributed by atoms with van der Waals surface area (Å²) in [7, 11) is -4.10. The normalized spacial score (nSPS) is 13.0. The van der Waals surface area contributed by atoms with E-state index < -0.39 is 15.4 Å². The summed E-state index contributed by atoms with van der Waals surface area (Å²) in [4.78, 5) is -0.185. The van der Waals surface area contributed by atoms with Gasteiger partial charge in [-0.25, -0.2) is 8.42 Å². The van der Waals surface area contributed by atoms with E-state index in [0.717, 1.165) is 12.0 Å². The smallest absolute Gasteiger partial charge is 0.265 e. The van der Waals surface area contributed by atoms with E-state index in [1.807, 2.05) is 46.8 Å². The largest absolute Gasteiger partial charge is 0.506 e. The number of hydrogen-bond donors (Lipinski definition) is 2. The van der Waals surface area contributed by atoms with Crippen LogP contribution in [0.15, 0.2) is 35.2 Å². The standard InChI is InChI=1S/C21H25ClN2O3S/c1-6-13(2)15-10-16(21(3,4)5)20(25)19(11-15)28(26,27)24-18-8-7-14(12-23)9-17(18)22/h7-11,13,24-25H,6H2,1-5H3. The van der Waals surface area contributed by atoms with Gasteiger partial charge in [-0.05, 0) is 47.6 Å². The number of sulfonamides is 1. The Hall–Kier alpha value is -2.23. The number of aromatic hydroxyl groups is 1. The van der Waals surface area contributed by atoms with Crippen LogP contribution in [0.25, 0.3) is 0 Å². The van der Waals surface area contributed by atoms with Gasteiger partial charge in [0.15, 0.2) is 0 Å². The number of nitrogens with one attached hydrogen (secondary N) is 1. The first-order valence-corrected chi connectivity index (χ1v) is 10.9. The number of halogens is 1. The molecule has 0 bridgehead atoms. The van der Waals surface area contributed by atoms with Gasteiger partial charge in [0.1, 0.15) is 10.6 Å². The maximum Gasteiger partial charge on any atom is 0.265 e. The van der Waals surface area contributed by atoms with Crippen LogP contribution in [0.4, 0.5) is 5.69 Å². The van der Waals surface area contributed by atoms with E-state index in [9.17, 15) is 13.5 Å². The Kier molecular flexibility index (Phi) is 6.32. The summed E-state index contributed by atoms with van der Waals surface area (Å²) in [5.74, 6) is -0.133. The van der Waals surface area contributed by atoms with Gasteiger partial charge in [-0.3, -0.25) is 4.72 Å². The molecule has 0 aliphatic rings. The Balaban J connectivity index is 2.63. The predicted octanol–water partition coefficient (Wildman–Crippen LogP) is 5.53. The van der Waals surface area contributed by atoms with Crippen molar-refractivity contribution in [3.63, 3.8) is 0 Å². The third-order valence-corrected chi connectivity index (χ3v) is 6.41. The molecule has 0 saturated heterocycles. The summed E-state index contributed by atoms with van der Waals surface area (Å²) >= 11 is 6.11. The molecule has 1 unspecified atom stereocenters.